The second-order valence-electron chi connectivity index (χ2n) is 4.81. The van der Waals surface area contributed by atoms with E-state index in [4.69, 9.17) is 10.5 Å². The summed E-state index contributed by atoms with van der Waals surface area (Å²) in [6.45, 7) is 1.99. The van der Waals surface area contributed by atoms with E-state index in [9.17, 15) is 9.18 Å². The quantitative estimate of drug-likeness (QED) is 0.672. The van der Waals surface area contributed by atoms with E-state index >= 15 is 0 Å². The van der Waals surface area contributed by atoms with Crippen LogP contribution in [0, 0.1) is 5.82 Å². The SMILES string of the molecule is CCOC(=O)c1cc(N(C)C2CCC2)c(F)cc1N. The van der Waals surface area contributed by atoms with Crippen LogP contribution in [0.5, 0.6) is 0 Å². The monoisotopic (exact) mass is 266 g/mol. The Labute approximate surface area is 112 Å². The molecular weight excluding hydrogens is 247 g/mol. The Bertz CT molecular complexity index is 487. The van der Waals surface area contributed by atoms with E-state index in [2.05, 4.69) is 0 Å². The molecule has 1 aromatic carbocycles. The first kappa shape index (κ1) is 13.6. The standard InChI is InChI=1S/C14H19FN2O2/c1-3-19-14(18)10-7-13(11(15)8-12(10)16)17(2)9-5-4-6-9/h7-9H,3-6,16H2,1-2H3. The highest BCUT2D eigenvalue weighted by Crippen LogP contribution is 2.32. The number of ether oxygens (including phenoxy) is 1. The van der Waals surface area contributed by atoms with Crippen molar-refractivity contribution >= 4 is 17.3 Å². The summed E-state index contributed by atoms with van der Waals surface area (Å²) in [6.07, 6.45) is 3.26. The molecule has 0 radical (unpaired) electrons. The van der Waals surface area contributed by atoms with Crippen molar-refractivity contribution in [1.82, 2.24) is 0 Å². The molecule has 104 valence electrons. The topological polar surface area (TPSA) is 55.6 Å². The predicted molar refractivity (Wildman–Crippen MR) is 72.8 cm³/mol. The summed E-state index contributed by atoms with van der Waals surface area (Å²) in [4.78, 5) is 13.6. The molecule has 1 aromatic rings. The zero-order valence-corrected chi connectivity index (χ0v) is 11.3. The van der Waals surface area contributed by atoms with Crippen LogP contribution in [-0.2, 0) is 4.74 Å². The Balaban J connectivity index is 2.32. The van der Waals surface area contributed by atoms with Crippen LogP contribution >= 0.6 is 0 Å². The van der Waals surface area contributed by atoms with Crippen LogP contribution in [0.2, 0.25) is 0 Å². The Morgan fingerprint density at radius 1 is 1.53 bits per heavy atom. The molecule has 2 N–H and O–H groups in total. The lowest BCUT2D eigenvalue weighted by atomic mass is 9.91. The molecule has 0 aliphatic heterocycles. The third kappa shape index (κ3) is 2.64. The molecular formula is C14H19FN2O2. The van der Waals surface area contributed by atoms with Crippen LogP contribution in [0.4, 0.5) is 15.8 Å². The molecule has 0 spiro atoms. The fourth-order valence-electron chi connectivity index (χ4n) is 2.20. The summed E-state index contributed by atoms with van der Waals surface area (Å²) in [5.41, 5.74) is 6.43. The van der Waals surface area contributed by atoms with E-state index in [1.54, 1.807) is 6.92 Å². The van der Waals surface area contributed by atoms with Crippen LogP contribution in [-0.4, -0.2) is 25.7 Å². The minimum atomic E-state index is -0.511. The summed E-state index contributed by atoms with van der Waals surface area (Å²) >= 11 is 0. The van der Waals surface area contributed by atoms with Gasteiger partial charge in [-0.15, -0.1) is 0 Å². The van der Waals surface area contributed by atoms with Gasteiger partial charge < -0.3 is 15.4 Å². The highest BCUT2D eigenvalue weighted by molar-refractivity contribution is 5.96. The number of nitrogen functional groups attached to an aromatic ring is 1. The minimum absolute atomic E-state index is 0.113. The van der Waals surface area contributed by atoms with Crippen LogP contribution in [0.15, 0.2) is 12.1 Å². The van der Waals surface area contributed by atoms with Crippen LogP contribution in [0.1, 0.15) is 36.5 Å². The molecule has 1 aliphatic carbocycles. The van der Waals surface area contributed by atoms with Crippen molar-refractivity contribution in [3.63, 3.8) is 0 Å². The molecule has 0 bridgehead atoms. The fourth-order valence-corrected chi connectivity index (χ4v) is 2.20. The first-order valence-corrected chi connectivity index (χ1v) is 6.53. The Morgan fingerprint density at radius 2 is 2.21 bits per heavy atom. The molecule has 0 aromatic heterocycles. The Kier molecular flexibility index (Phi) is 3.93. The fraction of sp³-hybridized carbons (Fsp3) is 0.500. The van der Waals surface area contributed by atoms with Gasteiger partial charge in [0, 0.05) is 18.8 Å². The number of halogens is 1. The average molecular weight is 266 g/mol. The summed E-state index contributed by atoms with van der Waals surface area (Å²) < 4.78 is 18.9. The summed E-state index contributed by atoms with van der Waals surface area (Å²) in [5.74, 6) is -0.914. The third-order valence-corrected chi connectivity index (χ3v) is 3.62. The molecule has 0 atom stereocenters. The lowest BCUT2D eigenvalue weighted by Crippen LogP contribution is -2.37. The summed E-state index contributed by atoms with van der Waals surface area (Å²) in [6, 6.07) is 3.02. The molecule has 0 heterocycles. The summed E-state index contributed by atoms with van der Waals surface area (Å²) in [7, 11) is 1.84. The van der Waals surface area contributed by atoms with Crippen molar-refractivity contribution < 1.29 is 13.9 Å². The van der Waals surface area contributed by atoms with Crippen LogP contribution in [0.3, 0.4) is 0 Å². The van der Waals surface area contributed by atoms with Gasteiger partial charge in [-0.3, -0.25) is 0 Å². The number of anilines is 2. The Morgan fingerprint density at radius 3 is 2.74 bits per heavy atom. The molecule has 19 heavy (non-hydrogen) atoms. The molecule has 1 fully saturated rings. The molecule has 4 nitrogen and oxygen atoms in total. The van der Waals surface area contributed by atoms with Crippen molar-refractivity contribution in [2.45, 2.75) is 32.2 Å². The molecule has 0 unspecified atom stereocenters. The summed E-state index contributed by atoms with van der Waals surface area (Å²) in [5, 5.41) is 0. The molecule has 5 heteroatoms. The van der Waals surface area contributed by atoms with E-state index in [1.165, 1.54) is 12.1 Å². The largest absolute Gasteiger partial charge is 0.462 e. The zero-order chi connectivity index (χ0) is 14.0. The molecule has 1 aliphatic rings. The van der Waals surface area contributed by atoms with E-state index in [-0.39, 0.29) is 17.9 Å². The lowest BCUT2D eigenvalue weighted by Gasteiger charge is -2.36. The van der Waals surface area contributed by atoms with E-state index in [0.717, 1.165) is 19.3 Å². The highest BCUT2D eigenvalue weighted by atomic mass is 19.1. The maximum absolute atomic E-state index is 14.0. The van der Waals surface area contributed by atoms with Gasteiger partial charge in [-0.1, -0.05) is 0 Å². The first-order valence-electron chi connectivity index (χ1n) is 6.53. The van der Waals surface area contributed by atoms with Gasteiger partial charge >= 0.3 is 5.97 Å². The van der Waals surface area contributed by atoms with Gasteiger partial charge in [-0.25, -0.2) is 9.18 Å². The Hall–Kier alpha value is -1.78. The maximum Gasteiger partial charge on any atom is 0.340 e. The maximum atomic E-state index is 14.0. The number of rotatable bonds is 4. The van der Waals surface area contributed by atoms with E-state index in [1.807, 2.05) is 11.9 Å². The first-order chi connectivity index (χ1) is 9.04. The second-order valence-corrected chi connectivity index (χ2v) is 4.81. The number of carbonyl (C=O) groups excluding carboxylic acids is 1. The normalized spacial score (nSPS) is 14.9. The van der Waals surface area contributed by atoms with Crippen LogP contribution < -0.4 is 10.6 Å². The van der Waals surface area contributed by atoms with Gasteiger partial charge in [0.05, 0.1) is 17.9 Å². The van der Waals surface area contributed by atoms with Gasteiger partial charge in [0.2, 0.25) is 0 Å². The molecule has 1 saturated carbocycles. The number of hydrogen-bond acceptors (Lipinski definition) is 4. The minimum Gasteiger partial charge on any atom is -0.462 e. The van der Waals surface area contributed by atoms with Crippen molar-refractivity contribution in [2.75, 3.05) is 24.3 Å². The van der Waals surface area contributed by atoms with Gasteiger partial charge in [0.1, 0.15) is 5.82 Å². The van der Waals surface area contributed by atoms with Gasteiger partial charge in [0.15, 0.2) is 0 Å². The number of carbonyl (C=O) groups is 1. The van der Waals surface area contributed by atoms with Crippen molar-refractivity contribution in [3.8, 4) is 0 Å². The molecule has 2 rings (SSSR count). The average Bonchev–Trinajstić information content (AvgIpc) is 2.26. The molecule has 0 amide bonds. The van der Waals surface area contributed by atoms with Gasteiger partial charge in [0.25, 0.3) is 0 Å². The van der Waals surface area contributed by atoms with Gasteiger partial charge in [-0.05, 0) is 38.3 Å². The number of nitrogens with zero attached hydrogens (tertiary/aromatic N) is 1. The van der Waals surface area contributed by atoms with Crippen molar-refractivity contribution in [1.29, 1.82) is 0 Å². The van der Waals surface area contributed by atoms with Crippen molar-refractivity contribution in [2.24, 2.45) is 0 Å². The third-order valence-electron chi connectivity index (χ3n) is 3.62. The predicted octanol–water partition coefficient (Wildman–Crippen LogP) is 2.57. The smallest absolute Gasteiger partial charge is 0.340 e. The molecule has 0 saturated heterocycles. The highest BCUT2D eigenvalue weighted by Gasteiger charge is 2.25. The zero-order valence-electron chi connectivity index (χ0n) is 11.3. The second kappa shape index (κ2) is 5.47. The van der Waals surface area contributed by atoms with Gasteiger partial charge in [-0.2, -0.15) is 0 Å². The number of nitrogens with two attached hydrogens (primary N) is 1. The number of benzene rings is 1. The number of esters is 1. The van der Waals surface area contributed by atoms with Crippen LogP contribution in [0.25, 0.3) is 0 Å². The van der Waals surface area contributed by atoms with E-state index in [0.29, 0.717) is 11.7 Å². The van der Waals surface area contributed by atoms with Crippen molar-refractivity contribution in [3.05, 3.63) is 23.5 Å². The lowest BCUT2D eigenvalue weighted by molar-refractivity contribution is 0.0527. The number of hydrogen-bond donors (Lipinski definition) is 1. The van der Waals surface area contributed by atoms with E-state index < -0.39 is 11.8 Å².